The molecule has 0 aliphatic heterocycles. The topological polar surface area (TPSA) is 73.1 Å². The van der Waals surface area contributed by atoms with E-state index in [9.17, 15) is 8.42 Å². The third-order valence-corrected chi connectivity index (χ3v) is 6.78. The van der Waals surface area contributed by atoms with Gasteiger partial charge in [0.1, 0.15) is 0 Å². The first-order valence-electron chi connectivity index (χ1n) is 8.50. The fourth-order valence-electron chi connectivity index (χ4n) is 3.61. The third-order valence-electron chi connectivity index (χ3n) is 5.19. The molecule has 4 rings (SSSR count). The fraction of sp³-hybridized carbons (Fsp3) is 0.250. The lowest BCUT2D eigenvalue weighted by Gasteiger charge is -2.34. The van der Waals surface area contributed by atoms with E-state index in [1.54, 1.807) is 23.9 Å². The van der Waals surface area contributed by atoms with E-state index in [1.807, 2.05) is 30.7 Å². The van der Waals surface area contributed by atoms with Gasteiger partial charge in [-0.1, -0.05) is 36.8 Å². The van der Waals surface area contributed by atoms with Crippen molar-refractivity contribution < 1.29 is 8.42 Å². The summed E-state index contributed by atoms with van der Waals surface area (Å²) in [5.41, 5.74) is 4.55. The summed E-state index contributed by atoms with van der Waals surface area (Å²) in [6.07, 6.45) is 12.2. The molecule has 1 spiro atoms. The zero-order valence-corrected chi connectivity index (χ0v) is 16.1. The number of hydrogen-bond acceptors (Lipinski definition) is 4. The van der Waals surface area contributed by atoms with Crippen molar-refractivity contribution in [2.75, 3.05) is 6.26 Å². The van der Waals surface area contributed by atoms with E-state index in [2.05, 4.69) is 23.2 Å². The highest BCUT2D eigenvalue weighted by atomic mass is 32.2. The van der Waals surface area contributed by atoms with Crippen LogP contribution in [0.1, 0.15) is 30.4 Å². The standard InChI is InChI=1S/C20H20N2O2S2/c1-25-19-8-5-15(13-22-19)18-12-20(9-2-10-20)11-17(18)14-3-6-16(7-4-14)26(21,23)24/h3-8,11-13H,2,9-10H2,1H3,(H2,21,23,24). The van der Waals surface area contributed by atoms with Crippen molar-refractivity contribution in [1.82, 2.24) is 4.98 Å². The lowest BCUT2D eigenvalue weighted by molar-refractivity contribution is 0.282. The zero-order chi connectivity index (χ0) is 18.4. The third kappa shape index (κ3) is 3.13. The Morgan fingerprint density at radius 2 is 1.62 bits per heavy atom. The predicted octanol–water partition coefficient (Wildman–Crippen LogP) is 4.10. The van der Waals surface area contributed by atoms with Crippen molar-refractivity contribution in [2.24, 2.45) is 10.6 Å². The maximum atomic E-state index is 11.5. The van der Waals surface area contributed by atoms with Gasteiger partial charge in [0, 0.05) is 17.2 Å². The summed E-state index contributed by atoms with van der Waals surface area (Å²) in [5, 5.41) is 6.21. The lowest BCUT2D eigenvalue weighted by atomic mass is 9.70. The molecule has 1 saturated carbocycles. The molecule has 2 aliphatic rings. The Morgan fingerprint density at radius 3 is 2.08 bits per heavy atom. The molecule has 1 fully saturated rings. The Kier molecular flexibility index (Phi) is 4.29. The van der Waals surface area contributed by atoms with Crippen molar-refractivity contribution in [3.63, 3.8) is 0 Å². The molecular formula is C20H20N2O2S2. The Bertz CT molecular complexity index is 1000. The van der Waals surface area contributed by atoms with Gasteiger partial charge >= 0.3 is 0 Å². The largest absolute Gasteiger partial charge is 0.249 e. The van der Waals surface area contributed by atoms with Crippen molar-refractivity contribution in [3.8, 4) is 0 Å². The van der Waals surface area contributed by atoms with Crippen LogP contribution in [0, 0.1) is 5.41 Å². The van der Waals surface area contributed by atoms with Crippen LogP contribution in [0.15, 0.2) is 64.7 Å². The number of aromatic nitrogens is 1. The van der Waals surface area contributed by atoms with Crippen LogP contribution in [0.2, 0.25) is 0 Å². The van der Waals surface area contributed by atoms with Crippen LogP contribution in [0.5, 0.6) is 0 Å². The van der Waals surface area contributed by atoms with Gasteiger partial charge in [-0.3, -0.25) is 0 Å². The number of nitrogens with zero attached hydrogens (tertiary/aromatic N) is 1. The molecule has 134 valence electrons. The van der Waals surface area contributed by atoms with Crippen molar-refractivity contribution in [3.05, 3.63) is 65.9 Å². The quantitative estimate of drug-likeness (QED) is 0.806. The van der Waals surface area contributed by atoms with E-state index in [0.29, 0.717) is 0 Å². The Morgan fingerprint density at radius 1 is 1.00 bits per heavy atom. The van der Waals surface area contributed by atoms with Crippen LogP contribution in [-0.4, -0.2) is 19.7 Å². The van der Waals surface area contributed by atoms with Crippen molar-refractivity contribution in [2.45, 2.75) is 29.2 Å². The molecule has 0 atom stereocenters. The number of nitrogens with two attached hydrogens (primary N) is 1. The van der Waals surface area contributed by atoms with E-state index in [-0.39, 0.29) is 10.3 Å². The van der Waals surface area contributed by atoms with E-state index >= 15 is 0 Å². The predicted molar refractivity (Wildman–Crippen MR) is 106 cm³/mol. The summed E-state index contributed by atoms with van der Waals surface area (Å²) >= 11 is 1.62. The van der Waals surface area contributed by atoms with Gasteiger partial charge in [-0.2, -0.15) is 0 Å². The van der Waals surface area contributed by atoms with Gasteiger partial charge in [-0.15, -0.1) is 11.8 Å². The molecule has 1 aromatic heterocycles. The van der Waals surface area contributed by atoms with Gasteiger partial charge in [0.05, 0.1) is 9.92 Å². The Labute approximate surface area is 158 Å². The first-order valence-corrected chi connectivity index (χ1v) is 11.3. The molecule has 0 unspecified atom stereocenters. The van der Waals surface area contributed by atoms with Gasteiger partial charge in [0.2, 0.25) is 10.0 Å². The fourth-order valence-corrected chi connectivity index (χ4v) is 4.49. The average Bonchev–Trinajstić information content (AvgIpc) is 3.03. The molecule has 1 heterocycles. The molecule has 2 N–H and O–H groups in total. The van der Waals surface area contributed by atoms with Crippen LogP contribution >= 0.6 is 11.8 Å². The highest BCUT2D eigenvalue weighted by Crippen LogP contribution is 2.53. The van der Waals surface area contributed by atoms with Gasteiger partial charge in [-0.25, -0.2) is 18.5 Å². The van der Waals surface area contributed by atoms with Crippen LogP contribution in [0.4, 0.5) is 0 Å². The molecule has 0 bridgehead atoms. The summed E-state index contributed by atoms with van der Waals surface area (Å²) < 4.78 is 23.0. The van der Waals surface area contributed by atoms with Crippen LogP contribution in [0.25, 0.3) is 11.1 Å². The maximum absolute atomic E-state index is 11.5. The van der Waals surface area contributed by atoms with Gasteiger partial charge < -0.3 is 0 Å². The first-order chi connectivity index (χ1) is 12.4. The number of allylic oxidation sites excluding steroid dienone is 4. The van der Waals surface area contributed by atoms with E-state index in [1.165, 1.54) is 12.0 Å². The van der Waals surface area contributed by atoms with E-state index in [0.717, 1.165) is 34.6 Å². The summed E-state index contributed by atoms with van der Waals surface area (Å²) in [7, 11) is -3.68. The van der Waals surface area contributed by atoms with Gasteiger partial charge in [0.25, 0.3) is 0 Å². The molecular weight excluding hydrogens is 364 g/mol. The van der Waals surface area contributed by atoms with Gasteiger partial charge in [-0.05, 0) is 54.0 Å². The molecule has 0 saturated heterocycles. The SMILES string of the molecule is CSc1ccc(C2=CC3(C=C2c2ccc(S(N)(=O)=O)cc2)CCC3)cn1. The smallest absolute Gasteiger partial charge is 0.238 e. The molecule has 0 amide bonds. The Balaban J connectivity index is 1.75. The summed E-state index contributed by atoms with van der Waals surface area (Å²) in [6.45, 7) is 0. The summed E-state index contributed by atoms with van der Waals surface area (Å²) in [6, 6.07) is 11.0. The average molecular weight is 385 g/mol. The summed E-state index contributed by atoms with van der Waals surface area (Å²) in [5.74, 6) is 0. The zero-order valence-electron chi connectivity index (χ0n) is 14.5. The number of thioether (sulfide) groups is 1. The van der Waals surface area contributed by atoms with E-state index in [4.69, 9.17) is 5.14 Å². The minimum atomic E-state index is -3.68. The van der Waals surface area contributed by atoms with Crippen LogP contribution < -0.4 is 5.14 Å². The monoisotopic (exact) mass is 384 g/mol. The molecule has 2 aliphatic carbocycles. The normalized spacial score (nSPS) is 18.4. The minimum Gasteiger partial charge on any atom is -0.249 e. The molecule has 1 aromatic carbocycles. The summed E-state index contributed by atoms with van der Waals surface area (Å²) in [4.78, 5) is 4.64. The molecule has 6 heteroatoms. The number of benzene rings is 1. The molecule has 0 radical (unpaired) electrons. The number of primary sulfonamides is 1. The van der Waals surface area contributed by atoms with Crippen molar-refractivity contribution in [1.29, 1.82) is 0 Å². The second-order valence-electron chi connectivity index (χ2n) is 6.86. The second-order valence-corrected chi connectivity index (χ2v) is 9.25. The van der Waals surface area contributed by atoms with Crippen LogP contribution in [-0.2, 0) is 10.0 Å². The highest BCUT2D eigenvalue weighted by Gasteiger charge is 2.38. The molecule has 26 heavy (non-hydrogen) atoms. The second kappa shape index (κ2) is 6.37. The lowest BCUT2D eigenvalue weighted by Crippen LogP contribution is -2.22. The maximum Gasteiger partial charge on any atom is 0.238 e. The number of pyridine rings is 1. The number of sulfonamides is 1. The first kappa shape index (κ1) is 17.5. The highest BCUT2D eigenvalue weighted by molar-refractivity contribution is 7.98. The Hall–Kier alpha value is -1.89. The van der Waals surface area contributed by atoms with Crippen molar-refractivity contribution >= 4 is 32.9 Å². The number of hydrogen-bond donors (Lipinski definition) is 1. The minimum absolute atomic E-state index is 0.134. The molecule has 2 aromatic rings. The molecule has 4 nitrogen and oxygen atoms in total. The van der Waals surface area contributed by atoms with Crippen LogP contribution in [0.3, 0.4) is 0 Å². The number of rotatable bonds is 4. The van der Waals surface area contributed by atoms with Gasteiger partial charge in [0.15, 0.2) is 0 Å². The van der Waals surface area contributed by atoms with E-state index < -0.39 is 10.0 Å².